The highest BCUT2D eigenvalue weighted by Crippen LogP contribution is 2.21. The summed E-state index contributed by atoms with van der Waals surface area (Å²) in [6.45, 7) is 2.20. The molecule has 1 aromatic carbocycles. The Morgan fingerprint density at radius 2 is 2.21 bits per heavy atom. The van der Waals surface area contributed by atoms with Crippen molar-refractivity contribution < 1.29 is 4.74 Å². The quantitative estimate of drug-likeness (QED) is 0.660. The molecule has 0 amide bonds. The second-order valence-electron chi connectivity index (χ2n) is 4.15. The van der Waals surface area contributed by atoms with Crippen molar-refractivity contribution in [2.24, 2.45) is 0 Å². The number of aromatic nitrogens is 2. The van der Waals surface area contributed by atoms with E-state index in [1.165, 1.54) is 0 Å². The molecule has 1 heterocycles. The molecule has 0 radical (unpaired) electrons. The number of nitrogens with two attached hydrogens (primary N) is 1. The third kappa shape index (κ3) is 2.89. The molecule has 19 heavy (non-hydrogen) atoms. The lowest BCUT2D eigenvalue weighted by Crippen LogP contribution is -2.24. The van der Waals surface area contributed by atoms with E-state index in [2.05, 4.69) is 4.98 Å². The first-order chi connectivity index (χ1) is 9.02. The maximum Gasteiger partial charge on any atom is 0.267 e. The maximum absolute atomic E-state index is 12.1. The standard InChI is InChI=1S/C13H14IN3O2/c1-8-12(14)13(18)17(7-16-8)6-9-5-10(15)3-4-11(9)19-2/h3-5,7H,6,15H2,1-2H3. The third-order valence-corrected chi connectivity index (χ3v) is 4.04. The van der Waals surface area contributed by atoms with Crippen LogP contribution in [0.2, 0.25) is 0 Å². The van der Waals surface area contributed by atoms with Gasteiger partial charge in [0.25, 0.3) is 5.56 Å². The summed E-state index contributed by atoms with van der Waals surface area (Å²) in [4.78, 5) is 16.3. The maximum atomic E-state index is 12.1. The van der Waals surface area contributed by atoms with Crippen LogP contribution in [0.15, 0.2) is 29.3 Å². The Morgan fingerprint density at radius 1 is 1.47 bits per heavy atom. The van der Waals surface area contributed by atoms with E-state index in [0.29, 0.717) is 21.6 Å². The van der Waals surface area contributed by atoms with Crippen LogP contribution in [0.4, 0.5) is 5.69 Å². The second-order valence-corrected chi connectivity index (χ2v) is 5.23. The van der Waals surface area contributed by atoms with Gasteiger partial charge in [0.2, 0.25) is 0 Å². The Bertz CT molecular complexity index is 667. The molecule has 0 atom stereocenters. The monoisotopic (exact) mass is 371 g/mol. The van der Waals surface area contributed by atoms with Crippen LogP contribution < -0.4 is 16.0 Å². The van der Waals surface area contributed by atoms with Crippen LogP contribution >= 0.6 is 22.6 Å². The van der Waals surface area contributed by atoms with Crippen molar-refractivity contribution in [1.29, 1.82) is 0 Å². The molecule has 0 saturated carbocycles. The molecule has 0 aliphatic heterocycles. The van der Waals surface area contributed by atoms with E-state index in [-0.39, 0.29) is 5.56 Å². The second kappa shape index (κ2) is 5.60. The van der Waals surface area contributed by atoms with Gasteiger partial charge < -0.3 is 10.5 Å². The third-order valence-electron chi connectivity index (χ3n) is 2.80. The van der Waals surface area contributed by atoms with E-state index in [0.717, 1.165) is 11.3 Å². The zero-order valence-corrected chi connectivity index (χ0v) is 12.8. The summed E-state index contributed by atoms with van der Waals surface area (Å²) in [6.07, 6.45) is 1.54. The highest BCUT2D eigenvalue weighted by atomic mass is 127. The van der Waals surface area contributed by atoms with Gasteiger partial charge in [0.15, 0.2) is 0 Å². The predicted molar refractivity (Wildman–Crippen MR) is 82.5 cm³/mol. The number of rotatable bonds is 3. The topological polar surface area (TPSA) is 70.1 Å². The number of benzene rings is 1. The summed E-state index contributed by atoms with van der Waals surface area (Å²) in [5.74, 6) is 0.705. The van der Waals surface area contributed by atoms with Crippen LogP contribution in [0.1, 0.15) is 11.3 Å². The molecule has 2 N–H and O–H groups in total. The van der Waals surface area contributed by atoms with E-state index < -0.39 is 0 Å². The molecule has 100 valence electrons. The van der Waals surface area contributed by atoms with Crippen LogP contribution in [0.5, 0.6) is 5.75 Å². The number of anilines is 1. The van der Waals surface area contributed by atoms with Gasteiger partial charge in [-0.25, -0.2) is 4.98 Å². The number of ether oxygens (including phenoxy) is 1. The van der Waals surface area contributed by atoms with Gasteiger partial charge in [0, 0.05) is 11.3 Å². The number of hydrogen-bond donors (Lipinski definition) is 1. The Balaban J connectivity index is 2.44. The minimum atomic E-state index is -0.0578. The average Bonchev–Trinajstić information content (AvgIpc) is 2.40. The molecule has 0 fully saturated rings. The first kappa shape index (κ1) is 13.9. The van der Waals surface area contributed by atoms with Gasteiger partial charge in [-0.15, -0.1) is 0 Å². The Hall–Kier alpha value is -1.57. The molecule has 2 rings (SSSR count). The fourth-order valence-electron chi connectivity index (χ4n) is 1.76. The predicted octanol–water partition coefficient (Wildman–Crippen LogP) is 1.80. The van der Waals surface area contributed by atoms with Gasteiger partial charge in [0.1, 0.15) is 5.75 Å². The lowest BCUT2D eigenvalue weighted by molar-refractivity contribution is 0.408. The van der Waals surface area contributed by atoms with Gasteiger partial charge >= 0.3 is 0 Å². The Morgan fingerprint density at radius 3 is 2.89 bits per heavy atom. The average molecular weight is 371 g/mol. The van der Waals surface area contributed by atoms with Crippen LogP contribution in [-0.4, -0.2) is 16.7 Å². The molecule has 0 aliphatic rings. The van der Waals surface area contributed by atoms with Crippen LogP contribution in [0.25, 0.3) is 0 Å². The molecule has 5 nitrogen and oxygen atoms in total. The summed E-state index contributed by atoms with van der Waals surface area (Å²) < 4.78 is 7.45. The zero-order valence-electron chi connectivity index (χ0n) is 10.7. The summed E-state index contributed by atoms with van der Waals surface area (Å²) in [7, 11) is 1.59. The molecule has 0 unspecified atom stereocenters. The first-order valence-electron chi connectivity index (χ1n) is 5.67. The number of methoxy groups -OCH3 is 1. The Labute approximate surface area is 124 Å². The lowest BCUT2D eigenvalue weighted by Gasteiger charge is -2.11. The van der Waals surface area contributed by atoms with Crippen molar-refractivity contribution in [1.82, 2.24) is 9.55 Å². The highest BCUT2D eigenvalue weighted by Gasteiger charge is 2.09. The fraction of sp³-hybridized carbons (Fsp3) is 0.231. The highest BCUT2D eigenvalue weighted by molar-refractivity contribution is 14.1. The van der Waals surface area contributed by atoms with Crippen molar-refractivity contribution >= 4 is 28.3 Å². The van der Waals surface area contributed by atoms with Crippen molar-refractivity contribution in [2.45, 2.75) is 13.5 Å². The summed E-state index contributed by atoms with van der Waals surface area (Å²) in [6, 6.07) is 5.36. The SMILES string of the molecule is COc1ccc(N)cc1Cn1cnc(C)c(I)c1=O. The van der Waals surface area contributed by atoms with E-state index in [4.69, 9.17) is 10.5 Å². The van der Waals surface area contributed by atoms with E-state index >= 15 is 0 Å². The fourth-order valence-corrected chi connectivity index (χ4v) is 2.21. The van der Waals surface area contributed by atoms with Crippen molar-refractivity contribution in [3.8, 4) is 5.75 Å². The molecule has 0 spiro atoms. The lowest BCUT2D eigenvalue weighted by atomic mass is 10.1. The molecule has 0 bridgehead atoms. The summed E-state index contributed by atoms with van der Waals surface area (Å²) in [5, 5.41) is 0. The van der Waals surface area contributed by atoms with Crippen LogP contribution in [-0.2, 0) is 6.54 Å². The molecular weight excluding hydrogens is 357 g/mol. The molecule has 6 heteroatoms. The van der Waals surface area contributed by atoms with E-state index in [1.807, 2.05) is 29.5 Å². The number of nitrogen functional groups attached to an aromatic ring is 1. The zero-order chi connectivity index (χ0) is 14.0. The minimum Gasteiger partial charge on any atom is -0.496 e. The van der Waals surface area contributed by atoms with Gasteiger partial charge in [-0.2, -0.15) is 0 Å². The number of halogens is 1. The van der Waals surface area contributed by atoms with Crippen LogP contribution in [0, 0.1) is 10.5 Å². The van der Waals surface area contributed by atoms with E-state index in [1.54, 1.807) is 36.2 Å². The molecule has 2 aromatic rings. The molecule has 0 aliphatic carbocycles. The van der Waals surface area contributed by atoms with Crippen LogP contribution in [0.3, 0.4) is 0 Å². The van der Waals surface area contributed by atoms with Gasteiger partial charge in [-0.1, -0.05) is 0 Å². The smallest absolute Gasteiger partial charge is 0.267 e. The van der Waals surface area contributed by atoms with Crippen molar-refractivity contribution in [3.05, 3.63) is 49.7 Å². The number of aryl methyl sites for hydroxylation is 1. The van der Waals surface area contributed by atoms with E-state index in [9.17, 15) is 4.79 Å². The largest absolute Gasteiger partial charge is 0.496 e. The molecular formula is C13H14IN3O2. The molecule has 0 saturated heterocycles. The molecule has 1 aromatic heterocycles. The van der Waals surface area contributed by atoms with Gasteiger partial charge in [0.05, 0.1) is 29.2 Å². The van der Waals surface area contributed by atoms with Crippen molar-refractivity contribution in [3.63, 3.8) is 0 Å². The minimum absolute atomic E-state index is 0.0578. The van der Waals surface area contributed by atoms with Gasteiger partial charge in [-0.05, 0) is 47.7 Å². The number of nitrogens with zero attached hydrogens (tertiary/aromatic N) is 2. The Kier molecular flexibility index (Phi) is 4.08. The summed E-state index contributed by atoms with van der Waals surface area (Å²) in [5.41, 5.74) is 7.94. The van der Waals surface area contributed by atoms with Gasteiger partial charge in [-0.3, -0.25) is 9.36 Å². The number of hydrogen-bond acceptors (Lipinski definition) is 4. The first-order valence-corrected chi connectivity index (χ1v) is 6.74. The summed E-state index contributed by atoms with van der Waals surface area (Å²) >= 11 is 2.01. The normalized spacial score (nSPS) is 10.5. The van der Waals surface area contributed by atoms with Crippen molar-refractivity contribution in [2.75, 3.05) is 12.8 Å².